The summed E-state index contributed by atoms with van der Waals surface area (Å²) in [5.74, 6) is 0.380. The molecule has 1 saturated heterocycles. The van der Waals surface area contributed by atoms with E-state index in [9.17, 15) is 0 Å². The summed E-state index contributed by atoms with van der Waals surface area (Å²) in [7, 11) is 0. The lowest BCUT2D eigenvalue weighted by molar-refractivity contribution is 0.0292. The first-order valence-corrected chi connectivity index (χ1v) is 11.9. The van der Waals surface area contributed by atoms with Gasteiger partial charge in [-0.05, 0) is 54.8 Å². The third-order valence-electron chi connectivity index (χ3n) is 4.85. The van der Waals surface area contributed by atoms with Gasteiger partial charge >= 0.3 is 0 Å². The lowest BCUT2D eigenvalue weighted by Gasteiger charge is -2.26. The number of halogens is 1. The molecule has 8 nitrogen and oxygen atoms in total. The van der Waals surface area contributed by atoms with Gasteiger partial charge in [0.25, 0.3) is 0 Å². The van der Waals surface area contributed by atoms with E-state index in [1.807, 2.05) is 42.5 Å². The Morgan fingerprint density at radius 3 is 2.59 bits per heavy atom. The van der Waals surface area contributed by atoms with Crippen LogP contribution in [-0.4, -0.2) is 49.3 Å². The second-order valence-electron chi connectivity index (χ2n) is 7.20. The summed E-state index contributed by atoms with van der Waals surface area (Å²) in [5.41, 5.74) is 18.3. The molecule has 0 aliphatic carbocycles. The summed E-state index contributed by atoms with van der Waals surface area (Å²) in [6, 6.07) is 13.5. The highest BCUT2D eigenvalue weighted by atomic mass is 79.9. The van der Waals surface area contributed by atoms with Crippen LogP contribution >= 0.6 is 27.9 Å². The number of nitrogen functional groups attached to an aromatic ring is 3. The number of nitrogens with zero attached hydrogens (tertiary/aromatic N) is 2. The van der Waals surface area contributed by atoms with Crippen LogP contribution in [0.4, 0.5) is 17.2 Å². The molecule has 0 unspecified atom stereocenters. The smallest absolute Gasteiger partial charge is 0.147 e. The maximum Gasteiger partial charge on any atom is 0.147 e. The minimum Gasteiger partial charge on any atom is -0.399 e. The van der Waals surface area contributed by atoms with Crippen LogP contribution in [0.5, 0.6) is 0 Å². The summed E-state index contributed by atoms with van der Waals surface area (Å²) in [5, 5.41) is 1.93. The number of nitrogens with one attached hydrogen (secondary N) is 1. The van der Waals surface area contributed by atoms with Gasteiger partial charge in [-0.2, -0.15) is 0 Å². The topological polar surface area (TPSA) is 125 Å². The molecular formula is C22H29BrN6O2S. The number of rotatable bonds is 7. The fourth-order valence-electron chi connectivity index (χ4n) is 3.06. The van der Waals surface area contributed by atoms with E-state index < -0.39 is 0 Å². The highest BCUT2D eigenvalue weighted by Crippen LogP contribution is 2.27. The standard InChI is InChI=1S/C13H21N3O2S.C9H8BrN3/c14-12-2-4-13(5-3-12)19-15-18-9-1-6-16-7-10-17-11-8-16;10-6-2-1-5-4-13-9(12)8(11)7(5)3-6/h2-5,15H,1,6-11,14H2;1-4H,11H2,(H2,12,13). The van der Waals surface area contributed by atoms with Crippen molar-refractivity contribution >= 4 is 55.8 Å². The zero-order valence-electron chi connectivity index (χ0n) is 17.8. The lowest BCUT2D eigenvalue weighted by Crippen LogP contribution is -2.37. The number of morpholine rings is 1. The lowest BCUT2D eigenvalue weighted by atomic mass is 10.1. The molecule has 4 rings (SSSR count). The highest BCUT2D eigenvalue weighted by molar-refractivity contribution is 9.10. The van der Waals surface area contributed by atoms with Gasteiger partial charge in [0.1, 0.15) is 5.82 Å². The van der Waals surface area contributed by atoms with E-state index in [1.165, 1.54) is 11.9 Å². The number of benzene rings is 2. The fraction of sp³-hybridized carbons (Fsp3) is 0.318. The molecule has 1 aromatic heterocycles. The van der Waals surface area contributed by atoms with Gasteiger partial charge in [0.05, 0.1) is 25.5 Å². The maximum atomic E-state index is 5.78. The Morgan fingerprint density at radius 2 is 1.84 bits per heavy atom. The number of anilines is 3. The Morgan fingerprint density at radius 1 is 1.09 bits per heavy atom. The van der Waals surface area contributed by atoms with Crippen LogP contribution in [0.3, 0.4) is 0 Å². The van der Waals surface area contributed by atoms with Crippen molar-refractivity contribution in [2.75, 3.05) is 56.7 Å². The van der Waals surface area contributed by atoms with E-state index in [-0.39, 0.29) is 0 Å². The number of hydrogen-bond acceptors (Lipinski definition) is 9. The zero-order chi connectivity index (χ0) is 22.8. The van der Waals surface area contributed by atoms with Crippen LogP contribution in [-0.2, 0) is 9.57 Å². The molecule has 0 spiro atoms. The normalized spacial score (nSPS) is 14.2. The molecule has 1 aliphatic heterocycles. The summed E-state index contributed by atoms with van der Waals surface area (Å²) in [4.78, 5) is 15.7. The number of nitrogens with two attached hydrogens (primary N) is 3. The van der Waals surface area contributed by atoms with Crippen molar-refractivity contribution in [2.45, 2.75) is 11.3 Å². The van der Waals surface area contributed by atoms with Crippen LogP contribution < -0.4 is 22.1 Å². The molecule has 7 N–H and O–H groups in total. The van der Waals surface area contributed by atoms with Gasteiger partial charge in [0.2, 0.25) is 0 Å². The summed E-state index contributed by atoms with van der Waals surface area (Å²) in [6.45, 7) is 5.55. The minimum absolute atomic E-state index is 0.380. The van der Waals surface area contributed by atoms with Crippen molar-refractivity contribution < 1.29 is 9.57 Å². The van der Waals surface area contributed by atoms with E-state index in [2.05, 4.69) is 30.7 Å². The molecule has 2 heterocycles. The first-order chi connectivity index (χ1) is 15.5. The molecule has 1 aliphatic rings. The first kappa shape index (κ1) is 24.6. The minimum atomic E-state index is 0.380. The Kier molecular flexibility index (Phi) is 9.85. The van der Waals surface area contributed by atoms with Crippen LogP contribution in [0.2, 0.25) is 0 Å². The largest absolute Gasteiger partial charge is 0.399 e. The molecule has 172 valence electrons. The van der Waals surface area contributed by atoms with Crippen molar-refractivity contribution in [3.8, 4) is 0 Å². The number of aromatic nitrogens is 1. The Hall–Kier alpha value is -2.08. The van der Waals surface area contributed by atoms with Gasteiger partial charge in [-0.3, -0.25) is 9.74 Å². The molecule has 10 heteroatoms. The summed E-state index contributed by atoms with van der Waals surface area (Å²) >= 11 is 4.83. The van der Waals surface area contributed by atoms with Gasteiger partial charge in [0.15, 0.2) is 0 Å². The summed E-state index contributed by atoms with van der Waals surface area (Å²) in [6.07, 6.45) is 2.74. The molecule has 0 saturated carbocycles. The van der Waals surface area contributed by atoms with Crippen LogP contribution in [0.25, 0.3) is 10.8 Å². The molecule has 1 fully saturated rings. The maximum absolute atomic E-state index is 5.78. The summed E-state index contributed by atoms with van der Waals surface area (Å²) < 4.78 is 6.29. The Balaban J connectivity index is 0.000000193. The average Bonchev–Trinajstić information content (AvgIpc) is 2.81. The molecule has 2 aromatic carbocycles. The number of ether oxygens (including phenoxy) is 1. The van der Waals surface area contributed by atoms with E-state index in [1.54, 1.807) is 6.20 Å². The third-order valence-corrected chi connectivity index (χ3v) is 6.05. The second kappa shape index (κ2) is 12.8. The van der Waals surface area contributed by atoms with Crippen LogP contribution in [0.15, 0.2) is 58.0 Å². The van der Waals surface area contributed by atoms with Gasteiger partial charge < -0.3 is 21.9 Å². The predicted octanol–water partition coefficient (Wildman–Crippen LogP) is 3.68. The molecular weight excluding hydrogens is 492 g/mol. The Bertz CT molecular complexity index is 981. The number of pyridine rings is 1. The molecule has 0 amide bonds. The van der Waals surface area contributed by atoms with Gasteiger partial charge in [0, 0.05) is 51.7 Å². The van der Waals surface area contributed by atoms with Crippen LogP contribution in [0.1, 0.15) is 6.42 Å². The highest BCUT2D eigenvalue weighted by Gasteiger charge is 2.09. The zero-order valence-corrected chi connectivity index (χ0v) is 20.2. The fourth-order valence-corrected chi connectivity index (χ4v) is 3.93. The molecule has 3 aromatic rings. The molecule has 0 radical (unpaired) electrons. The van der Waals surface area contributed by atoms with E-state index >= 15 is 0 Å². The van der Waals surface area contributed by atoms with Gasteiger partial charge in [-0.25, -0.2) is 4.98 Å². The number of fused-ring (bicyclic) bond motifs is 1. The quantitative estimate of drug-likeness (QED) is 0.160. The predicted molar refractivity (Wildman–Crippen MR) is 136 cm³/mol. The van der Waals surface area contributed by atoms with Crippen molar-refractivity contribution in [1.82, 2.24) is 14.8 Å². The van der Waals surface area contributed by atoms with Crippen molar-refractivity contribution in [3.63, 3.8) is 0 Å². The average molecular weight is 521 g/mol. The van der Waals surface area contributed by atoms with Crippen molar-refractivity contribution in [1.29, 1.82) is 0 Å². The van der Waals surface area contributed by atoms with Crippen LogP contribution in [0, 0.1) is 0 Å². The van der Waals surface area contributed by atoms with E-state index in [0.717, 1.165) is 65.1 Å². The Labute approximate surface area is 201 Å². The van der Waals surface area contributed by atoms with Crippen molar-refractivity contribution in [3.05, 3.63) is 53.1 Å². The first-order valence-electron chi connectivity index (χ1n) is 10.3. The SMILES string of the molecule is Nc1ccc(SNOCCCN2CCOCC2)cc1.Nc1ncc2ccc(Br)cc2c1N. The molecule has 32 heavy (non-hydrogen) atoms. The second-order valence-corrected chi connectivity index (χ2v) is 8.96. The van der Waals surface area contributed by atoms with Gasteiger partial charge in [-0.1, -0.05) is 22.0 Å². The molecule has 0 atom stereocenters. The third kappa shape index (κ3) is 7.80. The molecule has 0 bridgehead atoms. The number of hydrogen-bond donors (Lipinski definition) is 4. The van der Waals surface area contributed by atoms with Gasteiger partial charge in [-0.15, -0.1) is 4.89 Å². The van der Waals surface area contributed by atoms with Crippen molar-refractivity contribution in [2.24, 2.45) is 0 Å². The van der Waals surface area contributed by atoms with E-state index in [4.69, 9.17) is 26.8 Å². The van der Waals surface area contributed by atoms with E-state index in [0.29, 0.717) is 18.1 Å². The monoisotopic (exact) mass is 520 g/mol.